The van der Waals surface area contributed by atoms with Crippen LogP contribution in [0.4, 0.5) is 5.69 Å². The quantitative estimate of drug-likeness (QED) is 0.623. The van der Waals surface area contributed by atoms with E-state index < -0.39 is 10.0 Å². The average Bonchev–Trinajstić information content (AvgIpc) is 3.32. The highest BCUT2D eigenvalue weighted by Crippen LogP contribution is 2.28. The van der Waals surface area contributed by atoms with Crippen LogP contribution in [0.25, 0.3) is 0 Å². The van der Waals surface area contributed by atoms with Gasteiger partial charge in [-0.15, -0.1) is 0 Å². The van der Waals surface area contributed by atoms with Gasteiger partial charge in [0, 0.05) is 37.9 Å². The number of nitrogens with one attached hydrogen (secondary N) is 1. The molecule has 0 atom stereocenters. The molecule has 20 heavy (non-hydrogen) atoms. The van der Waals surface area contributed by atoms with E-state index in [0.29, 0.717) is 29.7 Å². The highest BCUT2D eigenvalue weighted by Gasteiger charge is 2.34. The number of sulfonamides is 1. The predicted molar refractivity (Wildman–Crippen MR) is 77.6 cm³/mol. The molecule has 0 spiro atoms. The van der Waals surface area contributed by atoms with E-state index in [4.69, 9.17) is 5.84 Å². The van der Waals surface area contributed by atoms with Crippen LogP contribution in [-0.4, -0.2) is 49.8 Å². The summed E-state index contributed by atoms with van der Waals surface area (Å²) in [7, 11) is -3.38. The second-order valence-electron chi connectivity index (χ2n) is 5.34. The molecule has 0 bridgehead atoms. The fraction of sp³-hybridized carbons (Fsp3) is 0.538. The molecule has 0 amide bonds. The highest BCUT2D eigenvalue weighted by molar-refractivity contribution is 7.89. The summed E-state index contributed by atoms with van der Waals surface area (Å²) in [4.78, 5) is 2.73. The molecule has 2 aliphatic rings. The van der Waals surface area contributed by atoms with Crippen molar-refractivity contribution in [1.29, 1.82) is 0 Å². The molecular formula is C13H20N4O2S. The molecule has 7 heteroatoms. The van der Waals surface area contributed by atoms with E-state index in [2.05, 4.69) is 10.3 Å². The zero-order valence-electron chi connectivity index (χ0n) is 11.3. The molecule has 3 N–H and O–H groups in total. The topological polar surface area (TPSA) is 78.7 Å². The second-order valence-corrected chi connectivity index (χ2v) is 7.28. The molecule has 1 aliphatic heterocycles. The molecule has 1 saturated carbocycles. The van der Waals surface area contributed by atoms with Gasteiger partial charge in [0.1, 0.15) is 0 Å². The largest absolute Gasteiger partial charge is 0.324 e. The molecule has 6 nitrogen and oxygen atoms in total. The molecule has 0 radical (unpaired) electrons. The van der Waals surface area contributed by atoms with Gasteiger partial charge < -0.3 is 5.43 Å². The smallest absolute Gasteiger partial charge is 0.243 e. The maximum Gasteiger partial charge on any atom is 0.243 e. The number of nitrogen functional groups attached to an aromatic ring is 1. The summed E-state index contributed by atoms with van der Waals surface area (Å²) < 4.78 is 26.6. The Labute approximate surface area is 119 Å². The second kappa shape index (κ2) is 5.33. The zero-order chi connectivity index (χ0) is 14.2. The summed E-state index contributed by atoms with van der Waals surface area (Å²) in [5, 5.41) is 0. The van der Waals surface area contributed by atoms with Crippen molar-refractivity contribution < 1.29 is 8.42 Å². The Balaban J connectivity index is 1.71. The summed E-state index contributed by atoms with van der Waals surface area (Å²) in [6.45, 7) is 2.84. The lowest BCUT2D eigenvalue weighted by Crippen LogP contribution is -2.49. The van der Waals surface area contributed by atoms with Gasteiger partial charge in [0.05, 0.1) is 4.90 Å². The maximum atomic E-state index is 12.5. The van der Waals surface area contributed by atoms with Crippen molar-refractivity contribution in [3.05, 3.63) is 24.3 Å². The van der Waals surface area contributed by atoms with Crippen LogP contribution < -0.4 is 11.3 Å². The summed E-state index contributed by atoms with van der Waals surface area (Å²) in [5.41, 5.74) is 3.19. The molecule has 1 aromatic carbocycles. The molecule has 0 unspecified atom stereocenters. The van der Waals surface area contributed by atoms with Gasteiger partial charge in [-0.2, -0.15) is 4.31 Å². The van der Waals surface area contributed by atoms with Crippen molar-refractivity contribution in [2.24, 2.45) is 5.84 Å². The van der Waals surface area contributed by atoms with Crippen molar-refractivity contribution >= 4 is 15.7 Å². The fourth-order valence-electron chi connectivity index (χ4n) is 2.62. The minimum absolute atomic E-state index is 0.330. The Kier molecular flexibility index (Phi) is 3.68. The Morgan fingerprint density at radius 1 is 1.05 bits per heavy atom. The first-order valence-electron chi connectivity index (χ1n) is 6.92. The molecule has 1 heterocycles. The Bertz CT molecular complexity index is 561. The first-order valence-corrected chi connectivity index (χ1v) is 8.36. The third kappa shape index (κ3) is 2.67. The number of hydrazine groups is 1. The van der Waals surface area contributed by atoms with Gasteiger partial charge in [0.2, 0.25) is 10.0 Å². The molecular weight excluding hydrogens is 276 g/mol. The molecule has 1 aromatic rings. The first-order chi connectivity index (χ1) is 9.61. The van der Waals surface area contributed by atoms with Crippen LogP contribution in [0.15, 0.2) is 29.2 Å². The number of benzene rings is 1. The summed E-state index contributed by atoms with van der Waals surface area (Å²) in [6, 6.07) is 7.24. The predicted octanol–water partition coefficient (Wildman–Crippen LogP) is 0.441. The maximum absolute atomic E-state index is 12.5. The minimum atomic E-state index is -3.38. The Morgan fingerprint density at radius 2 is 1.65 bits per heavy atom. The molecule has 0 aromatic heterocycles. The van der Waals surface area contributed by atoms with Crippen LogP contribution in [0, 0.1) is 0 Å². The van der Waals surface area contributed by atoms with Crippen molar-refractivity contribution in [2.75, 3.05) is 31.6 Å². The number of nitrogens with zero attached hydrogens (tertiary/aromatic N) is 2. The molecule has 2 fully saturated rings. The van der Waals surface area contributed by atoms with Crippen molar-refractivity contribution in [3.8, 4) is 0 Å². The molecule has 3 rings (SSSR count). The van der Waals surface area contributed by atoms with Gasteiger partial charge in [-0.1, -0.05) is 0 Å². The number of piperazine rings is 1. The van der Waals surface area contributed by atoms with E-state index in [1.807, 2.05) is 0 Å². The lowest BCUT2D eigenvalue weighted by atomic mass is 10.3. The lowest BCUT2D eigenvalue weighted by molar-refractivity contribution is 0.180. The van der Waals surface area contributed by atoms with Crippen molar-refractivity contribution in [1.82, 2.24) is 9.21 Å². The molecule has 1 aliphatic carbocycles. The number of anilines is 1. The van der Waals surface area contributed by atoms with Crippen LogP contribution in [0.3, 0.4) is 0 Å². The number of rotatable bonds is 4. The highest BCUT2D eigenvalue weighted by atomic mass is 32.2. The number of hydrogen-bond acceptors (Lipinski definition) is 5. The van der Waals surface area contributed by atoms with Crippen molar-refractivity contribution in [2.45, 2.75) is 23.8 Å². The Hall–Kier alpha value is -1.15. The number of nitrogens with two attached hydrogens (primary N) is 1. The van der Waals surface area contributed by atoms with E-state index >= 15 is 0 Å². The zero-order valence-corrected chi connectivity index (χ0v) is 12.1. The van der Waals surface area contributed by atoms with E-state index in [-0.39, 0.29) is 0 Å². The number of hydrogen-bond donors (Lipinski definition) is 2. The van der Waals surface area contributed by atoms with Gasteiger partial charge in [0.15, 0.2) is 0 Å². The monoisotopic (exact) mass is 296 g/mol. The van der Waals surface area contributed by atoms with Crippen LogP contribution in [0.2, 0.25) is 0 Å². The van der Waals surface area contributed by atoms with Gasteiger partial charge in [-0.25, -0.2) is 8.42 Å². The Morgan fingerprint density at radius 3 is 2.15 bits per heavy atom. The molecule has 1 saturated heterocycles. The molecule has 110 valence electrons. The fourth-order valence-corrected chi connectivity index (χ4v) is 4.04. The standard InChI is InChI=1S/C13H20N4O2S/c14-15-11-1-5-13(6-2-11)20(18,19)17-9-7-16(8-10-17)12-3-4-12/h1-2,5-6,12,15H,3-4,7-10,14H2. The van der Waals surface area contributed by atoms with Crippen LogP contribution in [0.1, 0.15) is 12.8 Å². The van der Waals surface area contributed by atoms with Crippen LogP contribution in [0.5, 0.6) is 0 Å². The SMILES string of the molecule is NNc1ccc(S(=O)(=O)N2CCN(C3CC3)CC2)cc1. The van der Waals surface area contributed by atoms with Gasteiger partial charge in [-0.3, -0.25) is 10.7 Å². The first kappa shape index (κ1) is 13.8. The summed E-state index contributed by atoms with van der Waals surface area (Å²) in [5.74, 6) is 5.29. The summed E-state index contributed by atoms with van der Waals surface area (Å²) >= 11 is 0. The van der Waals surface area contributed by atoms with E-state index in [1.54, 1.807) is 28.6 Å². The third-order valence-electron chi connectivity index (χ3n) is 4.00. The lowest BCUT2D eigenvalue weighted by Gasteiger charge is -2.34. The average molecular weight is 296 g/mol. The summed E-state index contributed by atoms with van der Waals surface area (Å²) in [6.07, 6.45) is 2.53. The van der Waals surface area contributed by atoms with Gasteiger partial charge in [-0.05, 0) is 37.1 Å². The van der Waals surface area contributed by atoms with E-state index in [0.717, 1.165) is 13.1 Å². The van der Waals surface area contributed by atoms with E-state index in [9.17, 15) is 8.42 Å². The van der Waals surface area contributed by atoms with Gasteiger partial charge in [0.25, 0.3) is 0 Å². The minimum Gasteiger partial charge on any atom is -0.324 e. The third-order valence-corrected chi connectivity index (χ3v) is 5.91. The van der Waals surface area contributed by atoms with Crippen LogP contribution in [-0.2, 0) is 10.0 Å². The van der Waals surface area contributed by atoms with Gasteiger partial charge >= 0.3 is 0 Å². The normalized spacial score (nSPS) is 21.9. The van der Waals surface area contributed by atoms with E-state index in [1.165, 1.54) is 12.8 Å². The van der Waals surface area contributed by atoms with Crippen LogP contribution >= 0.6 is 0 Å². The van der Waals surface area contributed by atoms with Crippen molar-refractivity contribution in [3.63, 3.8) is 0 Å².